The number of rotatable bonds is 18. The zero-order valence-electron chi connectivity index (χ0n) is 40.5. The van der Waals surface area contributed by atoms with Crippen molar-refractivity contribution in [3.05, 3.63) is 217 Å². The highest BCUT2D eigenvalue weighted by Gasteiger charge is 2.35. The molecule has 0 amide bonds. The van der Waals surface area contributed by atoms with Crippen molar-refractivity contribution in [2.75, 3.05) is 39.4 Å². The normalized spacial score (nSPS) is 10.9. The molecule has 356 valence electrons. The molecule has 0 bridgehead atoms. The molecule has 0 aliphatic heterocycles. The molecule has 0 unspecified atom stereocenters. The van der Waals surface area contributed by atoms with Gasteiger partial charge in [-0.1, -0.05) is 121 Å². The van der Waals surface area contributed by atoms with E-state index in [9.17, 15) is 0 Å². The molecule has 0 aliphatic carbocycles. The Hall–Kier alpha value is -8.76. The Kier molecular flexibility index (Phi) is 14.4. The van der Waals surface area contributed by atoms with Crippen LogP contribution >= 0.6 is 0 Å². The van der Waals surface area contributed by atoms with Crippen LogP contribution in [0, 0.1) is 0 Å². The predicted molar refractivity (Wildman–Crippen MR) is 281 cm³/mol. The summed E-state index contributed by atoms with van der Waals surface area (Å²) in [5.41, 5.74) is 11.1. The summed E-state index contributed by atoms with van der Waals surface area (Å²) in [6.07, 6.45) is 0. The van der Waals surface area contributed by atoms with Gasteiger partial charge in [-0.05, 0) is 109 Å². The monoisotopic (exact) mass is 941 g/mol. The number of carbonyl (C=O) groups excluding carboxylic acids is 2. The fraction of sp³-hybridized carbons (Fsp3) is 0.148. The average Bonchev–Trinajstić information content (AvgIpc) is 3.95. The summed E-state index contributed by atoms with van der Waals surface area (Å²) in [6.45, 7) is 4.26. The van der Waals surface area contributed by atoms with Gasteiger partial charge in [0.05, 0.1) is 81.5 Å². The van der Waals surface area contributed by atoms with Gasteiger partial charge >= 0.3 is 11.9 Å². The maximum absolute atomic E-state index is 15.1. The first-order valence-electron chi connectivity index (χ1n) is 23.7. The Labute approximate surface area is 414 Å². The molecule has 0 saturated heterocycles. The van der Waals surface area contributed by atoms with Gasteiger partial charge in [0.2, 0.25) is 0 Å². The summed E-state index contributed by atoms with van der Waals surface area (Å²) in [5.74, 6) is 1.12. The van der Waals surface area contributed by atoms with E-state index in [0.29, 0.717) is 39.8 Å². The molecular weight excluding hydrogens is 887 g/mol. The Morgan fingerprint density at radius 3 is 1.03 bits per heavy atom. The Morgan fingerprint density at radius 1 is 0.408 bits per heavy atom. The van der Waals surface area contributed by atoms with Crippen molar-refractivity contribution >= 4 is 17.6 Å². The van der Waals surface area contributed by atoms with Crippen molar-refractivity contribution in [1.29, 1.82) is 0 Å². The van der Waals surface area contributed by atoms with Crippen LogP contribution in [0.1, 0.15) is 46.0 Å². The average molecular weight is 942 g/mol. The highest BCUT2D eigenvalue weighted by Crippen LogP contribution is 2.46. The lowest BCUT2D eigenvalue weighted by atomic mass is 9.96. The molecule has 2 heterocycles. The van der Waals surface area contributed by atoms with Crippen LogP contribution in [0.15, 0.2) is 194 Å². The molecule has 0 atom stereocenters. The fourth-order valence-corrected chi connectivity index (χ4v) is 9.32. The van der Waals surface area contributed by atoms with E-state index in [-0.39, 0.29) is 26.3 Å². The third kappa shape index (κ3) is 9.65. The van der Waals surface area contributed by atoms with E-state index in [1.807, 2.05) is 184 Å². The highest BCUT2D eigenvalue weighted by atomic mass is 16.5. The van der Waals surface area contributed by atoms with Crippen LogP contribution < -0.4 is 19.1 Å². The molecule has 71 heavy (non-hydrogen) atoms. The van der Waals surface area contributed by atoms with Crippen LogP contribution in [-0.2, 0) is 22.6 Å². The number of benzene rings is 7. The van der Waals surface area contributed by atoms with Crippen molar-refractivity contribution in [3.8, 4) is 73.4 Å². The number of ether oxygens (including phenoxy) is 5. The molecule has 0 spiro atoms. The lowest BCUT2D eigenvalue weighted by Crippen LogP contribution is -2.27. The quantitative estimate of drug-likeness (QED) is 0.0786. The number of methoxy groups -OCH3 is 3. The fourth-order valence-electron chi connectivity index (χ4n) is 9.32. The molecule has 0 saturated carbocycles. The van der Waals surface area contributed by atoms with Crippen molar-refractivity contribution in [3.63, 3.8) is 0 Å². The minimum absolute atomic E-state index is 0.149. The molecule has 2 aromatic heterocycles. The summed E-state index contributed by atoms with van der Waals surface area (Å²) in [6, 6.07) is 63.7. The molecule has 10 heteroatoms. The number of esters is 2. The van der Waals surface area contributed by atoms with Crippen molar-refractivity contribution in [1.82, 2.24) is 9.13 Å². The Bertz CT molecular complexity index is 3030. The van der Waals surface area contributed by atoms with Gasteiger partial charge in [0.25, 0.3) is 0 Å². The maximum Gasteiger partial charge on any atom is 0.340 e. The van der Waals surface area contributed by atoms with Gasteiger partial charge in [-0.2, -0.15) is 0 Å². The van der Waals surface area contributed by atoms with Crippen molar-refractivity contribution in [2.45, 2.75) is 26.9 Å². The van der Waals surface area contributed by atoms with Crippen molar-refractivity contribution < 1.29 is 33.3 Å². The van der Waals surface area contributed by atoms with E-state index in [0.717, 1.165) is 61.8 Å². The van der Waals surface area contributed by atoms with Crippen LogP contribution in [0.2, 0.25) is 0 Å². The Morgan fingerprint density at radius 2 is 0.718 bits per heavy atom. The van der Waals surface area contributed by atoms with E-state index in [1.165, 1.54) is 0 Å². The molecule has 0 aliphatic rings. The van der Waals surface area contributed by atoms with Gasteiger partial charge in [0, 0.05) is 28.2 Å². The van der Waals surface area contributed by atoms with Crippen LogP contribution in [0.4, 0.5) is 5.69 Å². The minimum atomic E-state index is -0.466. The summed E-state index contributed by atoms with van der Waals surface area (Å²) in [7, 11) is 4.92. The summed E-state index contributed by atoms with van der Waals surface area (Å²) >= 11 is 0. The summed E-state index contributed by atoms with van der Waals surface area (Å²) in [4.78, 5) is 32.3. The molecule has 0 fully saturated rings. The van der Waals surface area contributed by atoms with Gasteiger partial charge in [0.15, 0.2) is 0 Å². The SMILES string of the molecule is CCOC(=O)c1c(-c2ccccc2)c(-c2ccccc2)n(-c2ccc(OC)cc2)c1CN(Cc1c(C(=O)OCC)c(-c2ccccc2)c(-c2ccccc2)n1-c1ccc(OC)cc1)c1ccc(OC)cc1. The minimum Gasteiger partial charge on any atom is -0.497 e. The number of nitrogens with zero attached hydrogens (tertiary/aromatic N) is 3. The highest BCUT2D eigenvalue weighted by molar-refractivity contribution is 6.06. The standard InChI is InChI=1S/C61H55N3O7/c1-6-70-60(65)56-52(63(47-30-36-50(68-4)37-31-47)58(44-24-16-10-17-25-44)54(56)42-20-12-8-13-21-42)40-62(46-28-34-49(67-3)35-29-46)41-53-57(61(66)71-7-2)55(43-22-14-9-15-23-43)59(45-26-18-11-19-27-45)64(53)48-32-38-51(69-5)39-33-48/h8-39H,6-7,40-41H2,1-5H3. The van der Waals surface area contributed by atoms with E-state index in [4.69, 9.17) is 23.7 Å². The first kappa shape index (κ1) is 47.3. The second-order valence-electron chi connectivity index (χ2n) is 16.6. The molecule has 7 aromatic carbocycles. The lowest BCUT2D eigenvalue weighted by molar-refractivity contribution is 0.0516. The van der Waals surface area contributed by atoms with Crippen molar-refractivity contribution in [2.24, 2.45) is 0 Å². The number of hydrogen-bond acceptors (Lipinski definition) is 8. The smallest absolute Gasteiger partial charge is 0.340 e. The predicted octanol–water partition coefficient (Wildman–Crippen LogP) is 13.5. The second-order valence-corrected chi connectivity index (χ2v) is 16.6. The molecule has 0 radical (unpaired) electrons. The van der Waals surface area contributed by atoms with Gasteiger partial charge in [-0.25, -0.2) is 9.59 Å². The Balaban J connectivity index is 1.40. The van der Waals surface area contributed by atoms with E-state index >= 15 is 9.59 Å². The van der Waals surface area contributed by atoms with Crippen LogP contribution in [0.5, 0.6) is 17.2 Å². The first-order chi connectivity index (χ1) is 34.9. The third-order valence-electron chi connectivity index (χ3n) is 12.5. The maximum atomic E-state index is 15.1. The van der Waals surface area contributed by atoms with Crippen LogP contribution in [0.3, 0.4) is 0 Å². The van der Waals surface area contributed by atoms with Gasteiger partial charge < -0.3 is 37.7 Å². The largest absolute Gasteiger partial charge is 0.497 e. The summed E-state index contributed by atoms with van der Waals surface area (Å²) < 4.78 is 33.5. The van der Waals surface area contributed by atoms with Gasteiger partial charge in [0.1, 0.15) is 17.2 Å². The van der Waals surface area contributed by atoms with Crippen LogP contribution in [-0.4, -0.2) is 55.6 Å². The zero-order chi connectivity index (χ0) is 49.3. The molecular formula is C61H55N3O7. The van der Waals surface area contributed by atoms with Gasteiger partial charge in [-0.3, -0.25) is 0 Å². The first-order valence-corrected chi connectivity index (χ1v) is 23.7. The third-order valence-corrected chi connectivity index (χ3v) is 12.5. The summed E-state index contributed by atoms with van der Waals surface area (Å²) in [5, 5.41) is 0. The number of hydrogen-bond donors (Lipinski definition) is 0. The zero-order valence-corrected chi connectivity index (χ0v) is 40.5. The topological polar surface area (TPSA) is 93.4 Å². The lowest BCUT2D eigenvalue weighted by Gasteiger charge is -2.28. The van der Waals surface area contributed by atoms with Gasteiger partial charge in [-0.15, -0.1) is 0 Å². The van der Waals surface area contributed by atoms with Crippen LogP contribution in [0.25, 0.3) is 56.1 Å². The molecule has 9 aromatic rings. The van der Waals surface area contributed by atoms with E-state index < -0.39 is 11.9 Å². The number of carbonyl (C=O) groups is 2. The molecule has 9 rings (SSSR count). The second kappa shape index (κ2) is 21.7. The van der Waals surface area contributed by atoms with E-state index in [2.05, 4.69) is 38.3 Å². The number of aromatic nitrogens is 2. The molecule has 10 nitrogen and oxygen atoms in total. The molecule has 0 N–H and O–H groups in total. The number of anilines is 1. The van der Waals surface area contributed by atoms with E-state index in [1.54, 1.807) is 21.3 Å².